The quantitative estimate of drug-likeness (QED) is 0.633. The van der Waals surface area contributed by atoms with Crippen molar-refractivity contribution in [2.45, 2.75) is 0 Å². The maximum atomic E-state index is 10.9. The summed E-state index contributed by atoms with van der Waals surface area (Å²) in [6.07, 6.45) is 1.37. The average molecular weight is 276 g/mol. The van der Waals surface area contributed by atoms with Gasteiger partial charge in [-0.3, -0.25) is 10.1 Å². The molecule has 0 N–H and O–H groups in total. The fourth-order valence-electron chi connectivity index (χ4n) is 1.38. The van der Waals surface area contributed by atoms with Gasteiger partial charge < -0.3 is 4.74 Å². The van der Waals surface area contributed by atoms with Gasteiger partial charge in [0.15, 0.2) is 0 Å². The molecule has 1 heterocycles. The number of pyridine rings is 1. The van der Waals surface area contributed by atoms with E-state index in [4.69, 9.17) is 21.6 Å². The lowest BCUT2D eigenvalue weighted by Crippen LogP contribution is -1.95. The van der Waals surface area contributed by atoms with Gasteiger partial charge >= 0.3 is 5.69 Å². The van der Waals surface area contributed by atoms with Gasteiger partial charge in [-0.1, -0.05) is 17.7 Å². The van der Waals surface area contributed by atoms with Crippen molar-refractivity contribution in [3.05, 3.63) is 57.2 Å². The summed E-state index contributed by atoms with van der Waals surface area (Å²) in [6.45, 7) is 0. The van der Waals surface area contributed by atoms with Gasteiger partial charge in [0.25, 0.3) is 0 Å². The highest BCUT2D eigenvalue weighted by Crippen LogP contribution is 2.37. The third kappa shape index (κ3) is 2.78. The van der Waals surface area contributed by atoms with E-state index < -0.39 is 4.92 Å². The largest absolute Gasteiger partial charge is 0.430 e. The number of para-hydroxylation sites is 1. The monoisotopic (exact) mass is 275 g/mol. The van der Waals surface area contributed by atoms with E-state index in [0.717, 1.165) is 0 Å². The molecular weight excluding hydrogens is 270 g/mol. The summed E-state index contributed by atoms with van der Waals surface area (Å²) in [5.74, 6) is -0.0352. The highest BCUT2D eigenvalue weighted by molar-refractivity contribution is 6.32. The zero-order valence-electron chi connectivity index (χ0n) is 9.41. The molecule has 1 aromatic heterocycles. The number of nitrogens with zero attached hydrogens (tertiary/aromatic N) is 3. The van der Waals surface area contributed by atoms with Crippen molar-refractivity contribution >= 4 is 17.3 Å². The molecule has 0 fully saturated rings. The second-order valence-corrected chi connectivity index (χ2v) is 3.85. The lowest BCUT2D eigenvalue weighted by Gasteiger charge is -2.06. The third-order valence-corrected chi connectivity index (χ3v) is 2.51. The smallest absolute Gasteiger partial charge is 0.313 e. The summed E-state index contributed by atoms with van der Waals surface area (Å²) in [4.78, 5) is 14.1. The Morgan fingerprint density at radius 1 is 1.42 bits per heavy atom. The van der Waals surface area contributed by atoms with Crippen LogP contribution >= 0.6 is 11.6 Å². The molecule has 2 aromatic rings. The van der Waals surface area contributed by atoms with Gasteiger partial charge in [0.2, 0.25) is 11.6 Å². The Labute approximate surface area is 113 Å². The van der Waals surface area contributed by atoms with Crippen molar-refractivity contribution < 1.29 is 9.66 Å². The van der Waals surface area contributed by atoms with E-state index in [-0.39, 0.29) is 22.3 Å². The number of hydrogen-bond donors (Lipinski definition) is 0. The molecule has 0 bridgehead atoms. The second-order valence-electron chi connectivity index (χ2n) is 3.44. The normalized spacial score (nSPS) is 9.68. The molecule has 1 aromatic carbocycles. The number of benzene rings is 1. The van der Waals surface area contributed by atoms with Crippen LogP contribution in [0.3, 0.4) is 0 Å². The molecule has 0 spiro atoms. The zero-order valence-corrected chi connectivity index (χ0v) is 10.2. The maximum absolute atomic E-state index is 10.9. The molecule has 94 valence electrons. The van der Waals surface area contributed by atoms with Crippen LogP contribution in [0.5, 0.6) is 11.6 Å². The standard InChI is InChI=1S/C12H6ClN3O3/c13-9-2-1-3-10(16(17)18)12(9)19-11-6-8(7-14)4-5-15-11/h1-6H. The van der Waals surface area contributed by atoms with E-state index in [2.05, 4.69) is 4.98 Å². The third-order valence-electron chi connectivity index (χ3n) is 2.21. The molecule has 0 aliphatic rings. The van der Waals surface area contributed by atoms with Crippen LogP contribution in [0.25, 0.3) is 0 Å². The summed E-state index contributed by atoms with van der Waals surface area (Å²) in [7, 11) is 0. The molecular formula is C12H6ClN3O3. The van der Waals surface area contributed by atoms with Crippen LogP contribution in [0, 0.1) is 21.4 Å². The van der Waals surface area contributed by atoms with Crippen LogP contribution in [0.1, 0.15) is 5.56 Å². The Bertz CT molecular complexity index is 682. The van der Waals surface area contributed by atoms with Crippen molar-refractivity contribution in [1.29, 1.82) is 5.26 Å². The van der Waals surface area contributed by atoms with E-state index in [1.165, 1.54) is 36.5 Å². The van der Waals surface area contributed by atoms with Crippen LogP contribution < -0.4 is 4.74 Å². The molecule has 0 amide bonds. The van der Waals surface area contributed by atoms with E-state index in [1.54, 1.807) is 0 Å². The first-order valence-electron chi connectivity index (χ1n) is 5.08. The molecule has 0 unspecified atom stereocenters. The first kappa shape index (κ1) is 12.8. The van der Waals surface area contributed by atoms with Crippen LogP contribution in [-0.2, 0) is 0 Å². The molecule has 0 saturated carbocycles. The molecule has 0 aliphatic carbocycles. The highest BCUT2D eigenvalue weighted by atomic mass is 35.5. The number of nitro benzene ring substituents is 1. The number of ether oxygens (including phenoxy) is 1. The van der Waals surface area contributed by atoms with E-state index >= 15 is 0 Å². The minimum atomic E-state index is -0.602. The maximum Gasteiger partial charge on any atom is 0.313 e. The number of halogens is 1. The van der Waals surface area contributed by atoms with Gasteiger partial charge in [0.1, 0.15) is 0 Å². The summed E-state index contributed by atoms with van der Waals surface area (Å²) >= 11 is 5.87. The number of nitro groups is 1. The van der Waals surface area contributed by atoms with Crippen molar-refractivity contribution in [3.63, 3.8) is 0 Å². The summed E-state index contributed by atoms with van der Waals surface area (Å²) in [5.41, 5.74) is 0.0661. The number of nitriles is 1. The zero-order chi connectivity index (χ0) is 13.8. The molecule has 0 radical (unpaired) electrons. The van der Waals surface area contributed by atoms with Crippen molar-refractivity contribution in [3.8, 4) is 17.7 Å². The molecule has 0 atom stereocenters. The van der Waals surface area contributed by atoms with Crippen LogP contribution in [0.4, 0.5) is 5.69 Å². The molecule has 6 nitrogen and oxygen atoms in total. The first-order chi connectivity index (χ1) is 9.11. The minimum Gasteiger partial charge on any atom is -0.430 e. The fraction of sp³-hybridized carbons (Fsp3) is 0. The Balaban J connectivity index is 2.43. The number of aromatic nitrogens is 1. The van der Waals surface area contributed by atoms with Gasteiger partial charge in [-0.15, -0.1) is 0 Å². The second kappa shape index (κ2) is 5.33. The summed E-state index contributed by atoms with van der Waals surface area (Å²) < 4.78 is 5.31. The highest BCUT2D eigenvalue weighted by Gasteiger charge is 2.19. The molecule has 2 rings (SSSR count). The lowest BCUT2D eigenvalue weighted by atomic mass is 10.3. The van der Waals surface area contributed by atoms with Crippen LogP contribution in [0.2, 0.25) is 5.02 Å². The Morgan fingerprint density at radius 2 is 2.21 bits per heavy atom. The van der Waals surface area contributed by atoms with E-state index in [0.29, 0.717) is 5.56 Å². The van der Waals surface area contributed by atoms with Crippen molar-refractivity contribution in [1.82, 2.24) is 4.98 Å². The number of hydrogen-bond acceptors (Lipinski definition) is 5. The Morgan fingerprint density at radius 3 is 2.89 bits per heavy atom. The van der Waals surface area contributed by atoms with Gasteiger partial charge in [0.05, 0.1) is 21.6 Å². The van der Waals surface area contributed by atoms with Gasteiger partial charge in [-0.2, -0.15) is 5.26 Å². The van der Waals surface area contributed by atoms with Crippen molar-refractivity contribution in [2.75, 3.05) is 0 Å². The molecule has 19 heavy (non-hydrogen) atoms. The molecule has 0 aliphatic heterocycles. The molecule has 7 heteroatoms. The SMILES string of the molecule is N#Cc1ccnc(Oc2c(Cl)cccc2[N+](=O)[O-])c1. The van der Waals surface area contributed by atoms with Crippen LogP contribution in [-0.4, -0.2) is 9.91 Å². The number of rotatable bonds is 3. The summed E-state index contributed by atoms with van der Waals surface area (Å²) in [6, 6.07) is 8.97. The van der Waals surface area contributed by atoms with Gasteiger partial charge in [0, 0.05) is 18.3 Å². The average Bonchev–Trinajstić information content (AvgIpc) is 2.41. The van der Waals surface area contributed by atoms with Crippen LogP contribution in [0.15, 0.2) is 36.5 Å². The van der Waals surface area contributed by atoms with E-state index in [1.807, 2.05) is 6.07 Å². The van der Waals surface area contributed by atoms with E-state index in [9.17, 15) is 10.1 Å². The van der Waals surface area contributed by atoms with Crippen molar-refractivity contribution in [2.24, 2.45) is 0 Å². The van der Waals surface area contributed by atoms with Gasteiger partial charge in [-0.25, -0.2) is 4.98 Å². The summed E-state index contributed by atoms with van der Waals surface area (Å²) in [5, 5.41) is 19.7. The predicted molar refractivity (Wildman–Crippen MR) is 67.1 cm³/mol. The predicted octanol–water partition coefficient (Wildman–Crippen LogP) is 3.31. The topological polar surface area (TPSA) is 89.0 Å². The lowest BCUT2D eigenvalue weighted by molar-refractivity contribution is -0.385. The first-order valence-corrected chi connectivity index (χ1v) is 5.46. The molecule has 0 saturated heterocycles. The minimum absolute atomic E-state index is 0.0650. The van der Waals surface area contributed by atoms with Gasteiger partial charge in [-0.05, 0) is 12.1 Å². The fourth-order valence-corrected chi connectivity index (χ4v) is 1.59. The Hall–Kier alpha value is -2.65. The Kier molecular flexibility index (Phi) is 3.59.